The fourth-order valence-electron chi connectivity index (χ4n) is 2.38. The molecule has 5 nitrogen and oxygen atoms in total. The summed E-state index contributed by atoms with van der Waals surface area (Å²) in [6.45, 7) is 2.02. The van der Waals surface area contributed by atoms with Gasteiger partial charge in [-0.05, 0) is 44.2 Å². The van der Waals surface area contributed by atoms with Gasteiger partial charge in [0.1, 0.15) is 0 Å². The van der Waals surface area contributed by atoms with Gasteiger partial charge in [-0.15, -0.1) is 11.3 Å². The topological polar surface area (TPSA) is 78.3 Å². The molecule has 0 atom stereocenters. The fourth-order valence-corrected chi connectivity index (χ4v) is 3.56. The van der Waals surface area contributed by atoms with Crippen LogP contribution in [0.3, 0.4) is 0 Å². The lowest BCUT2D eigenvalue weighted by Gasteiger charge is -2.08. The molecule has 1 aliphatic rings. The SMILES string of the molecule is CCOC(=O)c1nc(-c2cc3c(s2)CCCC3)oc1N. The smallest absolute Gasteiger partial charge is 0.362 e. The summed E-state index contributed by atoms with van der Waals surface area (Å²) in [4.78, 5) is 18.2. The van der Waals surface area contributed by atoms with Crippen molar-refractivity contribution in [3.63, 3.8) is 0 Å². The molecule has 0 radical (unpaired) electrons. The Kier molecular flexibility index (Phi) is 3.48. The van der Waals surface area contributed by atoms with Crippen LogP contribution >= 0.6 is 11.3 Å². The van der Waals surface area contributed by atoms with Gasteiger partial charge in [0.2, 0.25) is 17.5 Å². The van der Waals surface area contributed by atoms with Crippen molar-refractivity contribution >= 4 is 23.2 Å². The molecule has 3 rings (SSSR count). The molecule has 0 aliphatic heterocycles. The van der Waals surface area contributed by atoms with Crippen molar-refractivity contribution in [3.05, 3.63) is 22.2 Å². The van der Waals surface area contributed by atoms with Crippen LogP contribution in [-0.2, 0) is 17.6 Å². The van der Waals surface area contributed by atoms with Crippen molar-refractivity contribution in [2.45, 2.75) is 32.6 Å². The van der Waals surface area contributed by atoms with Gasteiger partial charge in [-0.1, -0.05) is 0 Å². The quantitative estimate of drug-likeness (QED) is 0.880. The van der Waals surface area contributed by atoms with Gasteiger partial charge in [0.25, 0.3) is 0 Å². The summed E-state index contributed by atoms with van der Waals surface area (Å²) in [5.74, 6) is -0.115. The van der Waals surface area contributed by atoms with E-state index in [-0.39, 0.29) is 18.2 Å². The molecule has 1 aliphatic carbocycles. The molecular formula is C14H16N2O3S. The number of fused-ring (bicyclic) bond motifs is 1. The molecular weight excluding hydrogens is 276 g/mol. The molecule has 2 aromatic heterocycles. The third-order valence-electron chi connectivity index (χ3n) is 3.33. The van der Waals surface area contributed by atoms with E-state index < -0.39 is 5.97 Å². The Morgan fingerprint density at radius 2 is 2.30 bits per heavy atom. The second-order valence-electron chi connectivity index (χ2n) is 4.72. The first-order valence-electron chi connectivity index (χ1n) is 6.74. The average molecular weight is 292 g/mol. The molecule has 0 aromatic carbocycles. The molecule has 0 saturated heterocycles. The van der Waals surface area contributed by atoms with Crippen molar-refractivity contribution < 1.29 is 13.9 Å². The van der Waals surface area contributed by atoms with Crippen LogP contribution in [0.4, 0.5) is 5.88 Å². The molecule has 0 amide bonds. The van der Waals surface area contributed by atoms with E-state index in [2.05, 4.69) is 11.1 Å². The highest BCUT2D eigenvalue weighted by Crippen LogP contribution is 2.36. The van der Waals surface area contributed by atoms with Gasteiger partial charge in [-0.25, -0.2) is 4.79 Å². The first kappa shape index (κ1) is 13.2. The molecule has 0 spiro atoms. The zero-order chi connectivity index (χ0) is 14.1. The van der Waals surface area contributed by atoms with Gasteiger partial charge in [-0.3, -0.25) is 0 Å². The van der Waals surface area contributed by atoms with Gasteiger partial charge in [0.05, 0.1) is 11.5 Å². The van der Waals surface area contributed by atoms with E-state index in [0.717, 1.165) is 17.7 Å². The summed E-state index contributed by atoms with van der Waals surface area (Å²) in [5, 5.41) is 0. The number of carbonyl (C=O) groups is 1. The number of carbonyl (C=O) groups excluding carboxylic acids is 1. The summed E-state index contributed by atoms with van der Waals surface area (Å²) >= 11 is 1.67. The molecule has 106 valence electrons. The third kappa shape index (κ3) is 2.31. The molecule has 0 unspecified atom stereocenters. The van der Waals surface area contributed by atoms with E-state index in [1.54, 1.807) is 18.3 Å². The number of hydrogen-bond acceptors (Lipinski definition) is 6. The van der Waals surface area contributed by atoms with E-state index in [1.165, 1.54) is 23.3 Å². The number of oxazole rings is 1. The maximum Gasteiger partial charge on any atom is 0.362 e. The minimum Gasteiger partial charge on any atom is -0.461 e. The molecule has 2 N–H and O–H groups in total. The summed E-state index contributed by atoms with van der Waals surface area (Å²) in [6, 6.07) is 2.10. The largest absolute Gasteiger partial charge is 0.461 e. The van der Waals surface area contributed by atoms with Crippen LogP contribution in [0, 0.1) is 0 Å². The number of esters is 1. The summed E-state index contributed by atoms with van der Waals surface area (Å²) in [5.41, 5.74) is 7.14. The molecule has 0 bridgehead atoms. The number of nitrogens with zero attached hydrogens (tertiary/aromatic N) is 1. The molecule has 2 aromatic rings. The molecule has 20 heavy (non-hydrogen) atoms. The number of aromatic nitrogens is 1. The zero-order valence-corrected chi connectivity index (χ0v) is 12.1. The third-order valence-corrected chi connectivity index (χ3v) is 4.55. The van der Waals surface area contributed by atoms with Gasteiger partial charge in [0, 0.05) is 4.88 Å². The first-order chi connectivity index (χ1) is 9.69. The lowest BCUT2D eigenvalue weighted by molar-refractivity contribution is 0.0521. The summed E-state index contributed by atoms with van der Waals surface area (Å²) in [6.07, 6.45) is 4.67. The first-order valence-corrected chi connectivity index (χ1v) is 7.56. The van der Waals surface area contributed by atoms with Crippen molar-refractivity contribution in [3.8, 4) is 10.8 Å². The van der Waals surface area contributed by atoms with Crippen LogP contribution in [-0.4, -0.2) is 17.6 Å². The lowest BCUT2D eigenvalue weighted by Crippen LogP contribution is -2.07. The van der Waals surface area contributed by atoms with Crippen molar-refractivity contribution in [1.82, 2.24) is 4.98 Å². The minimum atomic E-state index is -0.540. The average Bonchev–Trinajstić information content (AvgIpc) is 3.02. The molecule has 0 saturated carbocycles. The van der Waals surface area contributed by atoms with Crippen LogP contribution < -0.4 is 5.73 Å². The molecule has 6 heteroatoms. The number of thiophene rings is 1. The molecule has 0 fully saturated rings. The maximum absolute atomic E-state index is 11.7. The second kappa shape index (κ2) is 5.28. The van der Waals surface area contributed by atoms with Crippen molar-refractivity contribution in [1.29, 1.82) is 0 Å². The molecule has 2 heterocycles. The Bertz CT molecular complexity index is 621. The number of rotatable bonds is 3. The zero-order valence-electron chi connectivity index (χ0n) is 11.3. The van der Waals surface area contributed by atoms with Crippen LogP contribution in [0.25, 0.3) is 10.8 Å². The van der Waals surface area contributed by atoms with E-state index in [4.69, 9.17) is 14.9 Å². The van der Waals surface area contributed by atoms with E-state index >= 15 is 0 Å². The Balaban J connectivity index is 1.92. The Morgan fingerprint density at radius 1 is 1.50 bits per heavy atom. The predicted molar refractivity (Wildman–Crippen MR) is 76.8 cm³/mol. The standard InChI is InChI=1S/C14H16N2O3S/c1-2-18-14(17)11-12(15)19-13(16-11)10-7-8-5-3-4-6-9(8)20-10/h7H,2-6,15H2,1H3. The minimum absolute atomic E-state index is 0.0184. The normalized spacial score (nSPS) is 14.1. The van der Waals surface area contributed by atoms with Gasteiger partial charge >= 0.3 is 5.97 Å². The fraction of sp³-hybridized carbons (Fsp3) is 0.429. The van der Waals surface area contributed by atoms with Gasteiger partial charge in [0.15, 0.2) is 0 Å². The predicted octanol–water partition coefficient (Wildman–Crippen LogP) is 3.04. The number of aryl methyl sites for hydroxylation is 2. The van der Waals surface area contributed by atoms with E-state index in [9.17, 15) is 4.79 Å². The van der Waals surface area contributed by atoms with E-state index in [0.29, 0.717) is 5.89 Å². The Hall–Kier alpha value is -1.82. The van der Waals surface area contributed by atoms with E-state index in [1.807, 2.05) is 0 Å². The van der Waals surface area contributed by atoms with Crippen LogP contribution in [0.2, 0.25) is 0 Å². The maximum atomic E-state index is 11.7. The number of anilines is 1. The van der Waals surface area contributed by atoms with Crippen LogP contribution in [0.1, 0.15) is 40.7 Å². The number of ether oxygens (including phenoxy) is 1. The highest BCUT2D eigenvalue weighted by molar-refractivity contribution is 7.15. The number of nitrogens with two attached hydrogens (primary N) is 1. The highest BCUT2D eigenvalue weighted by Gasteiger charge is 2.22. The van der Waals surface area contributed by atoms with Crippen molar-refractivity contribution in [2.75, 3.05) is 12.3 Å². The summed E-state index contributed by atoms with van der Waals surface area (Å²) < 4.78 is 10.3. The number of hydrogen-bond donors (Lipinski definition) is 1. The van der Waals surface area contributed by atoms with Crippen LogP contribution in [0.15, 0.2) is 10.5 Å². The Labute approximate surface area is 120 Å². The Morgan fingerprint density at radius 3 is 3.05 bits per heavy atom. The monoisotopic (exact) mass is 292 g/mol. The van der Waals surface area contributed by atoms with Gasteiger partial charge in [-0.2, -0.15) is 4.98 Å². The van der Waals surface area contributed by atoms with Crippen LogP contribution in [0.5, 0.6) is 0 Å². The van der Waals surface area contributed by atoms with Gasteiger partial charge < -0.3 is 14.9 Å². The lowest BCUT2D eigenvalue weighted by atomic mass is 9.99. The summed E-state index contributed by atoms with van der Waals surface area (Å²) in [7, 11) is 0. The second-order valence-corrected chi connectivity index (χ2v) is 5.86. The highest BCUT2D eigenvalue weighted by atomic mass is 32.1. The number of nitrogen functional groups attached to an aromatic ring is 1. The van der Waals surface area contributed by atoms with Crippen molar-refractivity contribution in [2.24, 2.45) is 0 Å².